The van der Waals surface area contributed by atoms with Gasteiger partial charge in [-0.05, 0) is 57.1 Å². The van der Waals surface area contributed by atoms with Crippen molar-refractivity contribution in [1.82, 2.24) is 4.90 Å². The molecule has 0 heterocycles. The van der Waals surface area contributed by atoms with Gasteiger partial charge in [-0.1, -0.05) is 62.6 Å². The number of nitrogens with zero attached hydrogens (tertiary/aromatic N) is 2. The summed E-state index contributed by atoms with van der Waals surface area (Å²) in [4.78, 5) is 2.48. The molecule has 2 aromatic carbocycles. The van der Waals surface area contributed by atoms with E-state index in [-0.39, 0.29) is 11.4 Å². The quantitative estimate of drug-likeness (QED) is 0.508. The van der Waals surface area contributed by atoms with E-state index in [1.165, 1.54) is 4.31 Å². The van der Waals surface area contributed by atoms with Gasteiger partial charge in [0, 0.05) is 6.54 Å². The van der Waals surface area contributed by atoms with Crippen LogP contribution in [0.3, 0.4) is 0 Å². The molecular formula is C24H36N2O3S. The van der Waals surface area contributed by atoms with Crippen molar-refractivity contribution in [2.45, 2.75) is 57.5 Å². The molecule has 166 valence electrons. The van der Waals surface area contributed by atoms with Crippen LogP contribution in [0, 0.1) is 6.92 Å². The number of aryl methyl sites for hydroxylation is 1. The predicted octanol–water partition coefficient (Wildman–Crippen LogP) is 4.45. The highest BCUT2D eigenvalue weighted by atomic mass is 32.2. The number of sulfonamides is 1. The van der Waals surface area contributed by atoms with E-state index in [0.717, 1.165) is 44.3 Å². The minimum atomic E-state index is -3.78. The van der Waals surface area contributed by atoms with Crippen LogP contribution in [-0.2, 0) is 10.0 Å². The molecule has 1 unspecified atom stereocenters. The average Bonchev–Trinajstić information content (AvgIpc) is 2.75. The zero-order valence-corrected chi connectivity index (χ0v) is 19.3. The molecule has 2 aromatic rings. The first-order valence-electron chi connectivity index (χ1n) is 10.9. The average molecular weight is 433 g/mol. The van der Waals surface area contributed by atoms with Crippen molar-refractivity contribution >= 4 is 15.7 Å². The largest absolute Gasteiger partial charge is 0.390 e. The molecule has 6 heteroatoms. The number of hydrogen-bond donors (Lipinski definition) is 1. The molecule has 0 amide bonds. The second-order valence-corrected chi connectivity index (χ2v) is 9.71. The van der Waals surface area contributed by atoms with Crippen molar-refractivity contribution < 1.29 is 13.5 Å². The van der Waals surface area contributed by atoms with Crippen molar-refractivity contribution in [2.75, 3.05) is 30.5 Å². The van der Waals surface area contributed by atoms with Gasteiger partial charge in [-0.3, -0.25) is 4.31 Å². The lowest BCUT2D eigenvalue weighted by molar-refractivity contribution is 0.117. The Bertz CT molecular complexity index is 831. The number of hydrogen-bond acceptors (Lipinski definition) is 4. The third kappa shape index (κ3) is 7.11. The van der Waals surface area contributed by atoms with Crippen LogP contribution < -0.4 is 4.31 Å². The fourth-order valence-electron chi connectivity index (χ4n) is 3.38. The van der Waals surface area contributed by atoms with Gasteiger partial charge in [0.25, 0.3) is 10.0 Å². The third-order valence-electron chi connectivity index (χ3n) is 5.15. The molecule has 0 aromatic heterocycles. The minimum absolute atomic E-state index is 0.0229. The summed E-state index contributed by atoms with van der Waals surface area (Å²) >= 11 is 0. The van der Waals surface area contributed by atoms with Gasteiger partial charge in [0.1, 0.15) is 0 Å². The van der Waals surface area contributed by atoms with Gasteiger partial charge in [0.2, 0.25) is 0 Å². The molecule has 0 aliphatic heterocycles. The van der Waals surface area contributed by atoms with Crippen LogP contribution in [0.15, 0.2) is 59.5 Å². The lowest BCUT2D eigenvalue weighted by Gasteiger charge is -2.30. The first kappa shape index (κ1) is 24.4. The first-order chi connectivity index (χ1) is 14.4. The Kier molecular flexibility index (Phi) is 9.82. The van der Waals surface area contributed by atoms with Gasteiger partial charge in [-0.2, -0.15) is 0 Å². The van der Waals surface area contributed by atoms with E-state index >= 15 is 0 Å². The zero-order chi connectivity index (χ0) is 22.0. The number of rotatable bonds is 13. The highest BCUT2D eigenvalue weighted by molar-refractivity contribution is 7.92. The van der Waals surface area contributed by atoms with Gasteiger partial charge in [0.05, 0.1) is 23.2 Å². The van der Waals surface area contributed by atoms with E-state index < -0.39 is 16.1 Å². The Morgan fingerprint density at radius 3 is 1.97 bits per heavy atom. The highest BCUT2D eigenvalue weighted by Gasteiger charge is 2.27. The summed E-state index contributed by atoms with van der Waals surface area (Å²) in [5.74, 6) is 0. The Labute approximate surface area is 182 Å². The normalized spacial score (nSPS) is 12.8. The molecule has 1 N–H and O–H groups in total. The van der Waals surface area contributed by atoms with Crippen LogP contribution in [0.4, 0.5) is 5.69 Å². The van der Waals surface area contributed by atoms with E-state index in [1.807, 2.05) is 19.1 Å². The van der Waals surface area contributed by atoms with Crippen LogP contribution >= 0.6 is 0 Å². The Balaban J connectivity index is 2.25. The molecule has 0 aliphatic rings. The van der Waals surface area contributed by atoms with E-state index in [9.17, 15) is 13.5 Å². The maximum Gasteiger partial charge on any atom is 0.264 e. The van der Waals surface area contributed by atoms with Gasteiger partial charge in [-0.15, -0.1) is 0 Å². The molecule has 1 atom stereocenters. The first-order valence-corrected chi connectivity index (χ1v) is 12.4. The highest BCUT2D eigenvalue weighted by Crippen LogP contribution is 2.24. The Morgan fingerprint density at radius 2 is 1.43 bits per heavy atom. The monoisotopic (exact) mass is 432 g/mol. The summed E-state index contributed by atoms with van der Waals surface area (Å²) in [6.45, 7) is 8.60. The zero-order valence-electron chi connectivity index (χ0n) is 18.5. The van der Waals surface area contributed by atoms with Crippen LogP contribution in [0.25, 0.3) is 0 Å². The van der Waals surface area contributed by atoms with E-state index in [1.54, 1.807) is 42.5 Å². The van der Waals surface area contributed by atoms with Crippen molar-refractivity contribution in [3.8, 4) is 0 Å². The minimum Gasteiger partial charge on any atom is -0.390 e. The fourth-order valence-corrected chi connectivity index (χ4v) is 4.90. The summed E-state index contributed by atoms with van der Waals surface area (Å²) < 4.78 is 28.1. The van der Waals surface area contributed by atoms with E-state index in [2.05, 4.69) is 18.7 Å². The smallest absolute Gasteiger partial charge is 0.264 e. The predicted molar refractivity (Wildman–Crippen MR) is 124 cm³/mol. The molecule has 0 spiro atoms. The second-order valence-electron chi connectivity index (χ2n) is 7.85. The van der Waals surface area contributed by atoms with Gasteiger partial charge >= 0.3 is 0 Å². The van der Waals surface area contributed by atoms with E-state index in [4.69, 9.17) is 0 Å². The van der Waals surface area contributed by atoms with Gasteiger partial charge in [-0.25, -0.2) is 8.42 Å². The second kappa shape index (κ2) is 12.1. The van der Waals surface area contributed by atoms with Crippen molar-refractivity contribution in [3.05, 3.63) is 60.2 Å². The molecular weight excluding hydrogens is 396 g/mol. The third-order valence-corrected chi connectivity index (χ3v) is 6.96. The van der Waals surface area contributed by atoms with Crippen molar-refractivity contribution in [1.29, 1.82) is 0 Å². The molecule has 5 nitrogen and oxygen atoms in total. The van der Waals surface area contributed by atoms with Crippen LogP contribution in [0.2, 0.25) is 0 Å². The summed E-state index contributed by atoms with van der Waals surface area (Å²) in [5.41, 5.74) is 1.62. The molecule has 0 bridgehead atoms. The Morgan fingerprint density at radius 1 is 0.867 bits per heavy atom. The lowest BCUT2D eigenvalue weighted by atomic mass is 10.2. The molecule has 0 aliphatic carbocycles. The fraction of sp³-hybridized carbons (Fsp3) is 0.500. The summed E-state index contributed by atoms with van der Waals surface area (Å²) in [7, 11) is -3.78. The number of aliphatic hydroxyl groups is 1. The molecule has 0 radical (unpaired) electrons. The number of aliphatic hydroxyl groups excluding tert-OH is 1. The number of anilines is 1. The summed E-state index contributed by atoms with van der Waals surface area (Å²) in [6, 6.07) is 15.8. The maximum absolute atomic E-state index is 13.4. The van der Waals surface area contributed by atoms with Crippen molar-refractivity contribution in [2.24, 2.45) is 0 Å². The molecule has 0 fully saturated rings. The van der Waals surface area contributed by atoms with Gasteiger partial charge in [0.15, 0.2) is 0 Å². The van der Waals surface area contributed by atoms with Gasteiger partial charge < -0.3 is 10.0 Å². The maximum atomic E-state index is 13.4. The van der Waals surface area contributed by atoms with Crippen LogP contribution in [0.5, 0.6) is 0 Å². The van der Waals surface area contributed by atoms with Crippen molar-refractivity contribution in [3.63, 3.8) is 0 Å². The lowest BCUT2D eigenvalue weighted by Crippen LogP contribution is -2.43. The van der Waals surface area contributed by atoms with Crippen LogP contribution in [0.1, 0.15) is 45.1 Å². The number of unbranched alkanes of at least 4 members (excludes halogenated alkanes) is 2. The summed E-state index contributed by atoms with van der Waals surface area (Å²) in [5, 5.41) is 10.9. The topological polar surface area (TPSA) is 60.9 Å². The molecule has 30 heavy (non-hydrogen) atoms. The molecule has 2 rings (SSSR count). The summed E-state index contributed by atoms with van der Waals surface area (Å²) in [6.07, 6.45) is 3.55. The SMILES string of the molecule is CCCCN(CCCC)CC(O)CN(c1ccc(C)cc1)S(=O)(=O)c1ccccc1. The standard InChI is InChI=1S/C24H36N2O3S/c1-4-6-17-25(18-7-5-2)19-23(27)20-26(22-15-13-21(3)14-16-22)30(28,29)24-11-9-8-10-12-24/h8-16,23,27H,4-7,17-20H2,1-3H3. The molecule has 0 saturated heterocycles. The Hall–Kier alpha value is -1.89. The van der Waals surface area contributed by atoms with Crippen LogP contribution in [-0.4, -0.2) is 50.7 Å². The molecule has 0 saturated carbocycles. The van der Waals surface area contributed by atoms with E-state index in [0.29, 0.717) is 12.2 Å². The number of benzene rings is 2.